The molecular weight excluding hydrogens is 316 g/mol. The number of fused-ring (bicyclic) bond motifs is 1. The highest BCUT2D eigenvalue weighted by molar-refractivity contribution is 7.14. The number of aromatic nitrogens is 2. The average molecular weight is 330 g/mol. The van der Waals surface area contributed by atoms with Gasteiger partial charge in [-0.25, -0.2) is 14.1 Å². The average Bonchev–Trinajstić information content (AvgIpc) is 3.16. The molecular formula is C15H14N4O3S. The molecule has 23 heavy (non-hydrogen) atoms. The summed E-state index contributed by atoms with van der Waals surface area (Å²) < 4.78 is 6.55. The van der Waals surface area contributed by atoms with Crippen molar-refractivity contribution in [2.45, 2.75) is 6.92 Å². The summed E-state index contributed by atoms with van der Waals surface area (Å²) in [7, 11) is 0. The number of rotatable bonds is 4. The first kappa shape index (κ1) is 15.0. The van der Waals surface area contributed by atoms with Gasteiger partial charge in [0.25, 0.3) is 0 Å². The van der Waals surface area contributed by atoms with Gasteiger partial charge in [-0.05, 0) is 36.6 Å². The fourth-order valence-corrected chi connectivity index (χ4v) is 2.66. The predicted molar refractivity (Wildman–Crippen MR) is 88.1 cm³/mol. The molecule has 7 nitrogen and oxygen atoms in total. The van der Waals surface area contributed by atoms with Crippen LogP contribution in [0.3, 0.4) is 0 Å². The molecule has 118 valence electrons. The van der Waals surface area contributed by atoms with Gasteiger partial charge in [-0.1, -0.05) is 0 Å². The minimum Gasteiger partial charge on any atom is -0.462 e. The molecule has 3 aromatic heterocycles. The minimum atomic E-state index is -0.442. The van der Waals surface area contributed by atoms with Crippen LogP contribution in [0.15, 0.2) is 42.0 Å². The van der Waals surface area contributed by atoms with Gasteiger partial charge in [-0.3, -0.25) is 5.32 Å². The predicted octanol–water partition coefficient (Wildman–Crippen LogP) is 3.22. The van der Waals surface area contributed by atoms with Crippen LogP contribution in [0.25, 0.3) is 5.52 Å². The second-order valence-electron chi connectivity index (χ2n) is 4.58. The first-order valence-corrected chi connectivity index (χ1v) is 7.81. The Kier molecular flexibility index (Phi) is 4.24. The van der Waals surface area contributed by atoms with Gasteiger partial charge in [0, 0.05) is 11.9 Å². The van der Waals surface area contributed by atoms with Crippen molar-refractivity contribution in [1.82, 2.24) is 9.61 Å². The third-order valence-corrected chi connectivity index (χ3v) is 3.82. The van der Waals surface area contributed by atoms with Gasteiger partial charge in [-0.2, -0.15) is 5.10 Å². The Morgan fingerprint density at radius 3 is 2.96 bits per heavy atom. The van der Waals surface area contributed by atoms with Gasteiger partial charge in [0.15, 0.2) is 0 Å². The number of amides is 2. The van der Waals surface area contributed by atoms with Crippen molar-refractivity contribution in [3.05, 3.63) is 47.6 Å². The lowest BCUT2D eigenvalue weighted by molar-refractivity contribution is 0.0528. The van der Waals surface area contributed by atoms with Crippen LogP contribution in [-0.2, 0) is 4.74 Å². The third-order valence-electron chi connectivity index (χ3n) is 3.03. The Hall–Kier alpha value is -2.87. The first-order valence-electron chi connectivity index (χ1n) is 6.93. The number of pyridine rings is 1. The number of anilines is 2. The molecule has 3 rings (SSSR count). The van der Waals surface area contributed by atoms with Crippen LogP contribution in [0.2, 0.25) is 0 Å². The SMILES string of the molecule is CCOC(=O)c1cnn2ccc(NC(=O)Nc3cccs3)cc12. The number of esters is 1. The van der Waals surface area contributed by atoms with E-state index in [1.54, 1.807) is 29.8 Å². The Morgan fingerprint density at radius 1 is 1.35 bits per heavy atom. The lowest BCUT2D eigenvalue weighted by atomic mass is 10.2. The van der Waals surface area contributed by atoms with E-state index in [0.29, 0.717) is 16.8 Å². The van der Waals surface area contributed by atoms with E-state index in [0.717, 1.165) is 5.00 Å². The Labute approximate surface area is 135 Å². The summed E-state index contributed by atoms with van der Waals surface area (Å²) in [5.41, 5.74) is 1.48. The maximum Gasteiger partial charge on any atom is 0.341 e. The van der Waals surface area contributed by atoms with Crippen LogP contribution in [0.5, 0.6) is 0 Å². The summed E-state index contributed by atoms with van der Waals surface area (Å²) in [6, 6.07) is 6.68. The maximum absolute atomic E-state index is 11.9. The largest absolute Gasteiger partial charge is 0.462 e. The highest BCUT2D eigenvalue weighted by Crippen LogP contribution is 2.18. The summed E-state index contributed by atoms with van der Waals surface area (Å²) in [6.45, 7) is 2.03. The molecule has 0 aromatic carbocycles. The molecule has 0 atom stereocenters. The van der Waals surface area contributed by atoms with Gasteiger partial charge in [0.05, 0.1) is 23.3 Å². The summed E-state index contributed by atoms with van der Waals surface area (Å²) >= 11 is 1.43. The van der Waals surface area contributed by atoms with Crippen LogP contribution in [0.4, 0.5) is 15.5 Å². The third kappa shape index (κ3) is 3.32. The number of hydrogen-bond acceptors (Lipinski definition) is 5. The van der Waals surface area contributed by atoms with E-state index in [-0.39, 0.29) is 12.6 Å². The molecule has 0 saturated heterocycles. The molecule has 0 radical (unpaired) electrons. The second-order valence-corrected chi connectivity index (χ2v) is 5.53. The van der Waals surface area contributed by atoms with E-state index in [4.69, 9.17) is 4.74 Å². The van der Waals surface area contributed by atoms with Crippen molar-refractivity contribution in [3.8, 4) is 0 Å². The van der Waals surface area contributed by atoms with Crippen molar-refractivity contribution < 1.29 is 14.3 Å². The van der Waals surface area contributed by atoms with Crippen LogP contribution >= 0.6 is 11.3 Å². The molecule has 0 spiro atoms. The van der Waals surface area contributed by atoms with Crippen LogP contribution in [0, 0.1) is 0 Å². The van der Waals surface area contributed by atoms with Crippen molar-refractivity contribution in [2.75, 3.05) is 17.2 Å². The summed E-state index contributed by atoms with van der Waals surface area (Å²) in [4.78, 5) is 23.8. The van der Waals surface area contributed by atoms with Crippen molar-refractivity contribution in [3.63, 3.8) is 0 Å². The number of carbonyl (C=O) groups is 2. The van der Waals surface area contributed by atoms with Gasteiger partial charge in [0.2, 0.25) is 0 Å². The topological polar surface area (TPSA) is 84.7 Å². The molecule has 3 aromatic rings. The zero-order chi connectivity index (χ0) is 16.2. The number of nitrogens with one attached hydrogen (secondary N) is 2. The van der Waals surface area contributed by atoms with Crippen LogP contribution in [-0.4, -0.2) is 28.2 Å². The van der Waals surface area contributed by atoms with E-state index in [1.807, 2.05) is 17.5 Å². The van der Waals surface area contributed by atoms with E-state index in [1.165, 1.54) is 17.5 Å². The van der Waals surface area contributed by atoms with E-state index < -0.39 is 5.97 Å². The lowest BCUT2D eigenvalue weighted by Gasteiger charge is -2.07. The molecule has 0 unspecified atom stereocenters. The monoisotopic (exact) mass is 330 g/mol. The van der Waals surface area contributed by atoms with Gasteiger partial charge in [-0.15, -0.1) is 11.3 Å². The quantitative estimate of drug-likeness (QED) is 0.719. The summed E-state index contributed by atoms with van der Waals surface area (Å²) in [6.07, 6.45) is 3.11. The number of carbonyl (C=O) groups excluding carboxylic acids is 2. The maximum atomic E-state index is 11.9. The molecule has 0 saturated carbocycles. The normalized spacial score (nSPS) is 10.5. The molecule has 0 bridgehead atoms. The zero-order valence-corrected chi connectivity index (χ0v) is 13.1. The van der Waals surface area contributed by atoms with Crippen LogP contribution in [0.1, 0.15) is 17.3 Å². The molecule has 0 aliphatic heterocycles. The van der Waals surface area contributed by atoms with E-state index >= 15 is 0 Å². The van der Waals surface area contributed by atoms with Gasteiger partial charge < -0.3 is 10.1 Å². The Bertz CT molecular complexity index is 842. The standard InChI is InChI=1S/C15H14N4O3S/c1-2-22-14(20)11-9-16-19-6-5-10(8-12(11)19)17-15(21)18-13-4-3-7-23-13/h3-9H,2H2,1H3,(H2,17,18,21). The molecule has 2 amide bonds. The lowest BCUT2D eigenvalue weighted by Crippen LogP contribution is -2.18. The Morgan fingerprint density at radius 2 is 2.22 bits per heavy atom. The zero-order valence-electron chi connectivity index (χ0n) is 12.3. The number of nitrogens with zero attached hydrogens (tertiary/aromatic N) is 2. The van der Waals surface area contributed by atoms with Crippen molar-refractivity contribution in [2.24, 2.45) is 0 Å². The highest BCUT2D eigenvalue weighted by Gasteiger charge is 2.14. The summed E-state index contributed by atoms with van der Waals surface area (Å²) in [5.74, 6) is -0.442. The first-order chi connectivity index (χ1) is 11.2. The molecule has 8 heteroatoms. The van der Waals surface area contributed by atoms with Crippen molar-refractivity contribution in [1.29, 1.82) is 0 Å². The minimum absolute atomic E-state index is 0.289. The summed E-state index contributed by atoms with van der Waals surface area (Å²) in [5, 5.41) is 12.2. The molecule has 2 N–H and O–H groups in total. The molecule has 0 aliphatic carbocycles. The fourth-order valence-electron chi connectivity index (χ4n) is 2.05. The van der Waals surface area contributed by atoms with Crippen LogP contribution < -0.4 is 10.6 Å². The number of urea groups is 1. The Balaban J connectivity index is 1.80. The smallest absolute Gasteiger partial charge is 0.341 e. The number of hydrogen-bond donors (Lipinski definition) is 2. The molecule has 0 aliphatic rings. The van der Waals surface area contributed by atoms with Crippen molar-refractivity contribution >= 4 is 39.5 Å². The van der Waals surface area contributed by atoms with Gasteiger partial charge in [0.1, 0.15) is 5.56 Å². The van der Waals surface area contributed by atoms with E-state index in [9.17, 15) is 9.59 Å². The number of ether oxygens (including phenoxy) is 1. The molecule has 0 fully saturated rings. The number of thiophene rings is 1. The highest BCUT2D eigenvalue weighted by atomic mass is 32.1. The van der Waals surface area contributed by atoms with Gasteiger partial charge >= 0.3 is 12.0 Å². The fraction of sp³-hybridized carbons (Fsp3) is 0.133. The van der Waals surface area contributed by atoms with E-state index in [2.05, 4.69) is 15.7 Å². The second kappa shape index (κ2) is 6.49. The molecule has 3 heterocycles.